The minimum Gasteiger partial charge on any atom is -0.433 e. The van der Waals surface area contributed by atoms with Crippen molar-refractivity contribution in [2.75, 3.05) is 37.6 Å². The zero-order valence-electron chi connectivity index (χ0n) is 15.1. The van der Waals surface area contributed by atoms with Crippen LogP contribution in [-0.2, 0) is 4.79 Å². The predicted octanol–water partition coefficient (Wildman–Crippen LogP) is 2.82. The fraction of sp³-hybridized carbons (Fsp3) is 0.368. The molecule has 0 saturated carbocycles. The van der Waals surface area contributed by atoms with E-state index in [1.165, 1.54) is 11.4 Å². The number of alkyl halides is 2. The van der Waals surface area contributed by atoms with Gasteiger partial charge in [-0.3, -0.25) is 9.59 Å². The molecule has 2 heterocycles. The van der Waals surface area contributed by atoms with Crippen LogP contribution in [0.15, 0.2) is 41.8 Å². The van der Waals surface area contributed by atoms with Crippen LogP contribution in [-0.4, -0.2) is 56.0 Å². The normalized spacial score (nSPS) is 14.2. The highest BCUT2D eigenvalue weighted by Gasteiger charge is 2.22. The Morgan fingerprint density at radius 3 is 2.50 bits per heavy atom. The molecular weight excluding hydrogens is 388 g/mol. The topological polar surface area (TPSA) is 61.9 Å². The molecule has 1 aromatic carbocycles. The van der Waals surface area contributed by atoms with Crippen molar-refractivity contribution in [2.24, 2.45) is 0 Å². The van der Waals surface area contributed by atoms with Gasteiger partial charge in [-0.2, -0.15) is 8.78 Å². The molecule has 0 atom stereocenters. The second-order valence-electron chi connectivity index (χ2n) is 6.20. The van der Waals surface area contributed by atoms with Gasteiger partial charge in [-0.25, -0.2) is 0 Å². The zero-order valence-corrected chi connectivity index (χ0v) is 16.0. The van der Waals surface area contributed by atoms with E-state index in [9.17, 15) is 18.4 Å². The predicted molar refractivity (Wildman–Crippen MR) is 103 cm³/mol. The maximum atomic E-state index is 12.4. The van der Waals surface area contributed by atoms with Crippen molar-refractivity contribution in [1.29, 1.82) is 0 Å². The molecular formula is C19H21F2N3O3S. The third kappa shape index (κ3) is 5.19. The van der Waals surface area contributed by atoms with Gasteiger partial charge in [0.1, 0.15) is 10.6 Å². The van der Waals surface area contributed by atoms with Gasteiger partial charge in [-0.1, -0.05) is 18.2 Å². The van der Waals surface area contributed by atoms with E-state index in [1.54, 1.807) is 4.90 Å². The summed E-state index contributed by atoms with van der Waals surface area (Å²) in [5, 5.41) is 4.10. The number of piperazine rings is 1. The molecule has 3 rings (SSSR count). The summed E-state index contributed by atoms with van der Waals surface area (Å²) < 4.78 is 29.0. The summed E-state index contributed by atoms with van der Waals surface area (Å²) in [6, 6.07) is 11.4. The van der Waals surface area contributed by atoms with Gasteiger partial charge in [0.05, 0.1) is 0 Å². The molecule has 1 aliphatic rings. The molecule has 1 saturated heterocycles. The number of carbonyl (C=O) groups is 2. The molecule has 9 heteroatoms. The van der Waals surface area contributed by atoms with Crippen molar-refractivity contribution in [3.8, 4) is 5.75 Å². The minimum atomic E-state index is -2.99. The van der Waals surface area contributed by atoms with Gasteiger partial charge in [0, 0.05) is 44.8 Å². The van der Waals surface area contributed by atoms with Crippen LogP contribution >= 0.6 is 11.3 Å². The summed E-state index contributed by atoms with van der Waals surface area (Å²) in [6.07, 6.45) is 0.160. The van der Waals surface area contributed by atoms with Gasteiger partial charge in [0.2, 0.25) is 5.91 Å². The van der Waals surface area contributed by atoms with Gasteiger partial charge in [0.15, 0.2) is 0 Å². The van der Waals surface area contributed by atoms with E-state index in [4.69, 9.17) is 0 Å². The lowest BCUT2D eigenvalue weighted by Gasteiger charge is -2.36. The van der Waals surface area contributed by atoms with Crippen molar-refractivity contribution >= 4 is 28.8 Å². The average Bonchev–Trinajstić information content (AvgIpc) is 3.16. The Morgan fingerprint density at radius 2 is 1.82 bits per heavy atom. The van der Waals surface area contributed by atoms with Gasteiger partial charge >= 0.3 is 6.61 Å². The highest BCUT2D eigenvalue weighted by Crippen LogP contribution is 2.26. The number of hydrogen-bond acceptors (Lipinski definition) is 5. The third-order valence-corrected chi connectivity index (χ3v) is 5.32. The Morgan fingerprint density at radius 1 is 1.11 bits per heavy atom. The summed E-state index contributed by atoms with van der Waals surface area (Å²) in [5.41, 5.74) is 1.14. The average molecular weight is 409 g/mol. The van der Waals surface area contributed by atoms with E-state index in [-0.39, 0.29) is 29.5 Å². The van der Waals surface area contributed by atoms with Crippen molar-refractivity contribution < 1.29 is 23.1 Å². The first-order chi connectivity index (χ1) is 13.5. The van der Waals surface area contributed by atoms with Crippen molar-refractivity contribution in [3.63, 3.8) is 0 Å². The number of rotatable bonds is 7. The number of ether oxygens (including phenoxy) is 1. The number of anilines is 1. The third-order valence-electron chi connectivity index (χ3n) is 4.43. The van der Waals surface area contributed by atoms with Gasteiger partial charge < -0.3 is 19.9 Å². The SMILES string of the molecule is O=C(NCCC(=O)N1CCN(c2ccccc2)CC1)c1sccc1OC(F)F. The van der Waals surface area contributed by atoms with Crippen LogP contribution in [0.2, 0.25) is 0 Å². The lowest BCUT2D eigenvalue weighted by Crippen LogP contribution is -2.49. The van der Waals surface area contributed by atoms with Crippen LogP contribution in [0.4, 0.5) is 14.5 Å². The summed E-state index contributed by atoms with van der Waals surface area (Å²) in [7, 11) is 0. The molecule has 28 heavy (non-hydrogen) atoms. The Balaban J connectivity index is 1.41. The number of nitrogens with one attached hydrogen (secondary N) is 1. The van der Waals surface area contributed by atoms with Crippen LogP contribution in [0, 0.1) is 0 Å². The van der Waals surface area contributed by atoms with Gasteiger partial charge in [-0.05, 0) is 23.6 Å². The van der Waals surface area contributed by atoms with E-state index < -0.39 is 12.5 Å². The number of halogens is 2. The molecule has 1 aromatic heterocycles. The Bertz CT molecular complexity index is 793. The fourth-order valence-corrected chi connectivity index (χ4v) is 3.77. The number of carbonyl (C=O) groups excluding carboxylic acids is 2. The van der Waals surface area contributed by atoms with E-state index in [0.717, 1.165) is 30.1 Å². The van der Waals surface area contributed by atoms with Crippen LogP contribution < -0.4 is 15.0 Å². The first kappa shape index (κ1) is 20.1. The second-order valence-corrected chi connectivity index (χ2v) is 7.12. The van der Waals surface area contributed by atoms with Crippen molar-refractivity contribution in [2.45, 2.75) is 13.0 Å². The lowest BCUT2D eigenvalue weighted by atomic mass is 10.2. The van der Waals surface area contributed by atoms with E-state index in [0.29, 0.717) is 13.1 Å². The highest BCUT2D eigenvalue weighted by atomic mass is 32.1. The molecule has 1 N–H and O–H groups in total. The maximum Gasteiger partial charge on any atom is 0.387 e. The number of para-hydroxylation sites is 1. The van der Waals surface area contributed by atoms with E-state index in [1.807, 2.05) is 30.3 Å². The Hall–Kier alpha value is -2.68. The van der Waals surface area contributed by atoms with E-state index >= 15 is 0 Å². The molecule has 2 amide bonds. The molecule has 1 aliphatic heterocycles. The molecule has 2 aromatic rings. The summed E-state index contributed by atoms with van der Waals surface area (Å²) >= 11 is 1.01. The number of hydrogen-bond donors (Lipinski definition) is 1. The zero-order chi connectivity index (χ0) is 19.9. The van der Waals surface area contributed by atoms with E-state index in [2.05, 4.69) is 15.0 Å². The quantitative estimate of drug-likeness (QED) is 0.764. The molecule has 0 radical (unpaired) electrons. The fourth-order valence-electron chi connectivity index (χ4n) is 3.03. The number of thiophene rings is 1. The smallest absolute Gasteiger partial charge is 0.387 e. The van der Waals surface area contributed by atoms with Crippen LogP contribution in [0.25, 0.3) is 0 Å². The molecule has 6 nitrogen and oxygen atoms in total. The lowest BCUT2D eigenvalue weighted by molar-refractivity contribution is -0.131. The number of amides is 2. The first-order valence-corrected chi connectivity index (χ1v) is 9.81. The Labute approximate surface area is 165 Å². The largest absolute Gasteiger partial charge is 0.433 e. The molecule has 0 unspecified atom stereocenters. The second kappa shape index (κ2) is 9.50. The molecule has 0 spiro atoms. The minimum absolute atomic E-state index is 0.0387. The molecule has 0 bridgehead atoms. The molecule has 1 fully saturated rings. The van der Waals surface area contributed by atoms with Gasteiger partial charge in [-0.15, -0.1) is 11.3 Å². The Kier molecular flexibility index (Phi) is 6.80. The molecule has 0 aliphatic carbocycles. The molecule has 150 valence electrons. The first-order valence-electron chi connectivity index (χ1n) is 8.93. The van der Waals surface area contributed by atoms with Crippen LogP contribution in [0.3, 0.4) is 0 Å². The number of benzene rings is 1. The van der Waals surface area contributed by atoms with Gasteiger partial charge in [0.25, 0.3) is 5.91 Å². The maximum absolute atomic E-state index is 12.4. The number of nitrogens with zero attached hydrogens (tertiary/aromatic N) is 2. The monoisotopic (exact) mass is 409 g/mol. The standard InChI is InChI=1S/C19H21F2N3O3S/c20-19(21)27-15-7-13-28-17(15)18(26)22-8-6-16(25)24-11-9-23(10-12-24)14-4-2-1-3-5-14/h1-5,7,13,19H,6,8-12H2,(H,22,26). The van der Waals surface area contributed by atoms with Crippen LogP contribution in [0.5, 0.6) is 5.75 Å². The van der Waals surface area contributed by atoms with Crippen molar-refractivity contribution in [1.82, 2.24) is 10.2 Å². The summed E-state index contributed by atoms with van der Waals surface area (Å²) in [6.45, 7) is -0.0880. The van der Waals surface area contributed by atoms with Crippen molar-refractivity contribution in [3.05, 3.63) is 46.7 Å². The summed E-state index contributed by atoms with van der Waals surface area (Å²) in [4.78, 5) is 28.5. The summed E-state index contributed by atoms with van der Waals surface area (Å²) in [5.74, 6) is -0.712. The van der Waals surface area contributed by atoms with Crippen LogP contribution in [0.1, 0.15) is 16.1 Å². The highest BCUT2D eigenvalue weighted by molar-refractivity contribution is 7.12.